The quantitative estimate of drug-likeness (QED) is 0.455. The lowest BCUT2D eigenvalue weighted by molar-refractivity contribution is -0.149. The van der Waals surface area contributed by atoms with E-state index in [-0.39, 0.29) is 29.5 Å². The number of fused-ring (bicyclic) bond motifs is 1. The maximum atomic E-state index is 12.6. The summed E-state index contributed by atoms with van der Waals surface area (Å²) in [5, 5.41) is 8.32. The van der Waals surface area contributed by atoms with Crippen LogP contribution in [0.3, 0.4) is 0 Å². The molecular formula is C21H16ClN3O5. The summed E-state index contributed by atoms with van der Waals surface area (Å²) in [6.45, 7) is 2.97. The summed E-state index contributed by atoms with van der Waals surface area (Å²) < 4.78 is 10.7. The van der Waals surface area contributed by atoms with Gasteiger partial charge in [0.1, 0.15) is 6.04 Å². The molecule has 0 fully saturated rings. The van der Waals surface area contributed by atoms with Crippen LogP contribution in [-0.4, -0.2) is 38.9 Å². The van der Waals surface area contributed by atoms with Gasteiger partial charge < -0.3 is 9.15 Å². The highest BCUT2D eigenvalue weighted by Crippen LogP contribution is 2.26. The third kappa shape index (κ3) is 3.57. The molecule has 0 aliphatic carbocycles. The molecule has 4 rings (SSSR count). The SMILES string of the molecule is Cc1ccc2c(c1)C(=O)N(C(C)C(=O)OCc1nnc(-c3ccc(Cl)cc3)o1)C2=O. The van der Waals surface area contributed by atoms with Crippen molar-refractivity contribution in [2.75, 3.05) is 0 Å². The Hall–Kier alpha value is -3.52. The number of esters is 1. The molecule has 0 bridgehead atoms. The maximum Gasteiger partial charge on any atom is 0.329 e. The lowest BCUT2D eigenvalue weighted by Gasteiger charge is -2.20. The molecule has 0 saturated heterocycles. The van der Waals surface area contributed by atoms with Gasteiger partial charge in [0.05, 0.1) is 11.1 Å². The Morgan fingerprint density at radius 1 is 1.10 bits per heavy atom. The Morgan fingerprint density at radius 3 is 2.53 bits per heavy atom. The summed E-state index contributed by atoms with van der Waals surface area (Å²) in [6, 6.07) is 10.7. The minimum atomic E-state index is -1.10. The van der Waals surface area contributed by atoms with Crippen LogP contribution < -0.4 is 0 Å². The number of nitrogens with zero attached hydrogens (tertiary/aromatic N) is 3. The zero-order valence-corrected chi connectivity index (χ0v) is 16.8. The van der Waals surface area contributed by atoms with Crippen LogP contribution in [0, 0.1) is 6.92 Å². The predicted octanol–water partition coefficient (Wildman–Crippen LogP) is 3.43. The number of aromatic nitrogens is 2. The molecule has 0 radical (unpaired) electrons. The zero-order chi connectivity index (χ0) is 21.4. The molecule has 0 saturated carbocycles. The number of hydrogen-bond acceptors (Lipinski definition) is 7. The first-order valence-corrected chi connectivity index (χ1v) is 9.46. The molecule has 2 amide bonds. The van der Waals surface area contributed by atoms with Crippen LogP contribution in [0.25, 0.3) is 11.5 Å². The highest BCUT2D eigenvalue weighted by molar-refractivity contribution is 6.30. The zero-order valence-electron chi connectivity index (χ0n) is 16.1. The standard InChI is InChI=1S/C21H16ClN3O5/c1-11-3-8-15-16(9-11)20(27)25(19(15)26)12(2)21(28)29-10-17-23-24-18(30-17)13-4-6-14(22)7-5-13/h3-9,12H,10H2,1-2H3. The van der Waals surface area contributed by atoms with Crippen LogP contribution in [0.2, 0.25) is 5.02 Å². The van der Waals surface area contributed by atoms with Crippen LogP contribution in [0.1, 0.15) is 39.1 Å². The lowest BCUT2D eigenvalue weighted by Crippen LogP contribution is -2.43. The minimum Gasteiger partial charge on any atom is -0.454 e. The number of rotatable bonds is 5. The molecule has 3 aromatic rings. The van der Waals surface area contributed by atoms with Crippen LogP contribution in [0.5, 0.6) is 0 Å². The van der Waals surface area contributed by atoms with Crippen molar-refractivity contribution in [2.45, 2.75) is 26.5 Å². The van der Waals surface area contributed by atoms with Gasteiger partial charge >= 0.3 is 5.97 Å². The second kappa shape index (κ2) is 7.72. The molecule has 0 spiro atoms. The number of halogens is 1. The van der Waals surface area contributed by atoms with Gasteiger partial charge in [-0.3, -0.25) is 14.5 Å². The van der Waals surface area contributed by atoms with Gasteiger partial charge in [0.25, 0.3) is 17.7 Å². The van der Waals surface area contributed by atoms with Crippen molar-refractivity contribution in [3.63, 3.8) is 0 Å². The van der Waals surface area contributed by atoms with Crippen molar-refractivity contribution in [3.05, 3.63) is 70.1 Å². The van der Waals surface area contributed by atoms with Crippen LogP contribution in [0.4, 0.5) is 0 Å². The summed E-state index contributed by atoms with van der Waals surface area (Å²) >= 11 is 5.85. The fourth-order valence-electron chi connectivity index (χ4n) is 3.10. The third-order valence-corrected chi connectivity index (χ3v) is 4.95. The molecule has 1 unspecified atom stereocenters. The van der Waals surface area contributed by atoms with Gasteiger partial charge in [-0.25, -0.2) is 4.79 Å². The van der Waals surface area contributed by atoms with E-state index in [1.807, 2.05) is 6.92 Å². The third-order valence-electron chi connectivity index (χ3n) is 4.70. The maximum absolute atomic E-state index is 12.6. The van der Waals surface area contributed by atoms with E-state index in [2.05, 4.69) is 10.2 Å². The van der Waals surface area contributed by atoms with Crippen molar-refractivity contribution in [1.29, 1.82) is 0 Å². The topological polar surface area (TPSA) is 103 Å². The smallest absolute Gasteiger partial charge is 0.329 e. The molecule has 8 nitrogen and oxygen atoms in total. The van der Waals surface area contributed by atoms with Gasteiger partial charge in [0.2, 0.25) is 5.89 Å². The number of hydrogen-bond donors (Lipinski definition) is 0. The molecule has 1 aromatic heterocycles. The van der Waals surface area contributed by atoms with Crippen LogP contribution in [0.15, 0.2) is 46.9 Å². The van der Waals surface area contributed by atoms with Crippen molar-refractivity contribution in [2.24, 2.45) is 0 Å². The first-order valence-electron chi connectivity index (χ1n) is 9.08. The van der Waals surface area contributed by atoms with E-state index in [1.54, 1.807) is 42.5 Å². The summed E-state index contributed by atoms with van der Waals surface area (Å²) in [7, 11) is 0. The van der Waals surface area contributed by atoms with Crippen molar-refractivity contribution in [1.82, 2.24) is 15.1 Å². The Bertz CT molecular complexity index is 1160. The van der Waals surface area contributed by atoms with Gasteiger partial charge in [0.15, 0.2) is 6.61 Å². The second-order valence-corrected chi connectivity index (χ2v) is 7.26. The fraction of sp³-hybridized carbons (Fsp3) is 0.190. The van der Waals surface area contributed by atoms with Crippen molar-refractivity contribution < 1.29 is 23.5 Å². The van der Waals surface area contributed by atoms with Gasteiger partial charge in [0, 0.05) is 10.6 Å². The minimum absolute atomic E-state index is 0.0819. The van der Waals surface area contributed by atoms with E-state index in [0.29, 0.717) is 10.6 Å². The molecule has 1 atom stereocenters. The first-order chi connectivity index (χ1) is 14.3. The predicted molar refractivity (Wildman–Crippen MR) is 106 cm³/mol. The van der Waals surface area contributed by atoms with Gasteiger partial charge in [-0.1, -0.05) is 23.2 Å². The van der Waals surface area contributed by atoms with E-state index >= 15 is 0 Å². The van der Waals surface area contributed by atoms with E-state index in [0.717, 1.165) is 10.5 Å². The molecular weight excluding hydrogens is 410 g/mol. The number of carbonyl (C=O) groups excluding carboxylic acids is 3. The summed E-state index contributed by atoms with van der Waals surface area (Å²) in [5.74, 6) is -1.47. The van der Waals surface area contributed by atoms with Crippen LogP contribution >= 0.6 is 11.6 Å². The molecule has 0 N–H and O–H groups in total. The average Bonchev–Trinajstić information content (AvgIpc) is 3.29. The highest BCUT2D eigenvalue weighted by Gasteiger charge is 2.41. The Labute approximate surface area is 176 Å². The number of aryl methyl sites for hydroxylation is 1. The lowest BCUT2D eigenvalue weighted by atomic mass is 10.1. The molecule has 1 aliphatic rings. The average molecular weight is 426 g/mol. The number of ether oxygens (including phenoxy) is 1. The van der Waals surface area contributed by atoms with E-state index in [9.17, 15) is 14.4 Å². The largest absolute Gasteiger partial charge is 0.454 e. The Balaban J connectivity index is 1.42. The van der Waals surface area contributed by atoms with Gasteiger partial charge in [-0.2, -0.15) is 0 Å². The number of benzene rings is 2. The summed E-state index contributed by atoms with van der Waals surface area (Å²) in [6.07, 6.45) is 0. The van der Waals surface area contributed by atoms with Crippen LogP contribution in [-0.2, 0) is 16.1 Å². The highest BCUT2D eigenvalue weighted by atomic mass is 35.5. The monoisotopic (exact) mass is 425 g/mol. The number of carbonyl (C=O) groups is 3. The summed E-state index contributed by atoms with van der Waals surface area (Å²) in [5.41, 5.74) is 2.07. The van der Waals surface area contributed by atoms with E-state index in [1.165, 1.54) is 6.92 Å². The van der Waals surface area contributed by atoms with E-state index < -0.39 is 23.8 Å². The van der Waals surface area contributed by atoms with Crippen molar-refractivity contribution >= 4 is 29.4 Å². The Kier molecular flexibility index (Phi) is 5.09. The molecule has 9 heteroatoms. The van der Waals surface area contributed by atoms with Gasteiger partial charge in [-0.15, -0.1) is 10.2 Å². The van der Waals surface area contributed by atoms with E-state index in [4.69, 9.17) is 20.8 Å². The number of amides is 2. The first kappa shape index (κ1) is 19.8. The summed E-state index contributed by atoms with van der Waals surface area (Å²) in [4.78, 5) is 38.5. The van der Waals surface area contributed by atoms with Crippen molar-refractivity contribution in [3.8, 4) is 11.5 Å². The fourth-order valence-corrected chi connectivity index (χ4v) is 3.23. The van der Waals surface area contributed by atoms with Gasteiger partial charge in [-0.05, 0) is 50.2 Å². The second-order valence-electron chi connectivity index (χ2n) is 6.82. The molecule has 30 heavy (non-hydrogen) atoms. The number of imide groups is 1. The normalized spacial score (nSPS) is 14.0. The molecule has 2 aromatic carbocycles. The Morgan fingerprint density at radius 2 is 1.80 bits per heavy atom. The molecule has 152 valence electrons. The molecule has 1 aliphatic heterocycles. The molecule has 2 heterocycles.